The molecule has 0 aliphatic rings. The lowest BCUT2D eigenvalue weighted by atomic mass is 10.0. The van der Waals surface area contributed by atoms with E-state index in [1.54, 1.807) is 0 Å². The zero-order chi connectivity index (χ0) is 19.8. The number of hydrogen-bond donors (Lipinski definition) is 0. The van der Waals surface area contributed by atoms with Gasteiger partial charge in [-0.05, 0) is 60.2 Å². The molecule has 3 aromatic rings. The molecular weight excluding hydrogens is 356 g/mol. The maximum Gasteiger partial charge on any atom is 0.218 e. The predicted octanol–water partition coefficient (Wildman–Crippen LogP) is 6.38. The van der Waals surface area contributed by atoms with Crippen molar-refractivity contribution in [2.75, 3.05) is 6.61 Å². The van der Waals surface area contributed by atoms with Gasteiger partial charge >= 0.3 is 0 Å². The molecule has 0 radical (unpaired) electrons. The second-order valence-corrected chi connectivity index (χ2v) is 6.86. The highest BCUT2D eigenvalue weighted by molar-refractivity contribution is 5.64. The first-order valence-corrected chi connectivity index (χ1v) is 9.79. The van der Waals surface area contributed by atoms with Crippen molar-refractivity contribution < 1.29 is 13.5 Å². The molecule has 2 aromatic carbocycles. The molecule has 0 aliphatic heterocycles. The second kappa shape index (κ2) is 9.98. The van der Waals surface area contributed by atoms with Crippen LogP contribution >= 0.6 is 0 Å². The molecule has 28 heavy (non-hydrogen) atoms. The summed E-state index contributed by atoms with van der Waals surface area (Å²) in [4.78, 5) is 3.23. The van der Waals surface area contributed by atoms with Gasteiger partial charge in [-0.2, -0.15) is 13.8 Å². The van der Waals surface area contributed by atoms with E-state index in [0.29, 0.717) is 18.4 Å². The fraction of sp³-hybridized carbons (Fsp3) is 0.292. The highest BCUT2D eigenvalue weighted by atomic mass is 19.1. The van der Waals surface area contributed by atoms with Gasteiger partial charge in [0.25, 0.3) is 0 Å². The molecule has 1 heterocycles. The Balaban J connectivity index is 1.56. The van der Waals surface area contributed by atoms with E-state index >= 15 is 0 Å². The Labute approximate surface area is 165 Å². The smallest absolute Gasteiger partial charge is 0.218 e. The first kappa shape index (κ1) is 20.0. The van der Waals surface area contributed by atoms with E-state index < -0.39 is 11.9 Å². The SMILES string of the molecule is CCCCCOc1ccc(-c2ccc(CCc3ccc(F)nc3F)cc2)cc1. The van der Waals surface area contributed by atoms with Crippen LogP contribution in [-0.2, 0) is 12.8 Å². The number of rotatable bonds is 9. The van der Waals surface area contributed by atoms with Gasteiger partial charge in [-0.15, -0.1) is 0 Å². The summed E-state index contributed by atoms with van der Waals surface area (Å²) in [5.41, 5.74) is 3.78. The lowest BCUT2D eigenvalue weighted by Crippen LogP contribution is -1.99. The highest BCUT2D eigenvalue weighted by Crippen LogP contribution is 2.23. The molecule has 2 nitrogen and oxygen atoms in total. The zero-order valence-electron chi connectivity index (χ0n) is 16.1. The Morgan fingerprint density at radius 2 is 1.46 bits per heavy atom. The van der Waals surface area contributed by atoms with Gasteiger partial charge < -0.3 is 4.74 Å². The summed E-state index contributed by atoms with van der Waals surface area (Å²) >= 11 is 0. The lowest BCUT2D eigenvalue weighted by Gasteiger charge is -2.08. The van der Waals surface area contributed by atoms with E-state index in [-0.39, 0.29) is 0 Å². The maximum absolute atomic E-state index is 13.6. The van der Waals surface area contributed by atoms with Gasteiger partial charge in [0.15, 0.2) is 0 Å². The van der Waals surface area contributed by atoms with Crippen LogP contribution in [0.5, 0.6) is 5.75 Å². The van der Waals surface area contributed by atoms with E-state index in [9.17, 15) is 8.78 Å². The van der Waals surface area contributed by atoms with Crippen LogP contribution in [0.2, 0.25) is 0 Å². The Hall–Kier alpha value is -2.75. The number of benzene rings is 2. The van der Waals surface area contributed by atoms with Crippen LogP contribution in [0.25, 0.3) is 11.1 Å². The number of nitrogens with zero attached hydrogens (tertiary/aromatic N) is 1. The van der Waals surface area contributed by atoms with Crippen LogP contribution in [0.1, 0.15) is 37.3 Å². The van der Waals surface area contributed by atoms with Gasteiger partial charge in [0, 0.05) is 5.56 Å². The third-order valence-corrected chi connectivity index (χ3v) is 4.73. The molecule has 0 bridgehead atoms. The molecule has 0 unspecified atom stereocenters. The van der Waals surface area contributed by atoms with Gasteiger partial charge in [0.2, 0.25) is 11.9 Å². The summed E-state index contributed by atoms with van der Waals surface area (Å²) < 4.78 is 32.3. The first-order chi connectivity index (χ1) is 13.7. The number of unbranched alkanes of at least 4 members (excludes halogenated alkanes) is 2. The van der Waals surface area contributed by atoms with Crippen molar-refractivity contribution >= 4 is 0 Å². The zero-order valence-corrected chi connectivity index (χ0v) is 16.1. The number of aryl methyl sites for hydroxylation is 2. The van der Waals surface area contributed by atoms with Crippen molar-refractivity contribution in [1.29, 1.82) is 0 Å². The summed E-state index contributed by atoms with van der Waals surface area (Å²) in [5.74, 6) is -0.622. The molecule has 0 spiro atoms. The molecule has 3 rings (SSSR count). The molecule has 0 N–H and O–H groups in total. The van der Waals surface area contributed by atoms with Gasteiger partial charge in [0.1, 0.15) is 5.75 Å². The maximum atomic E-state index is 13.6. The number of halogens is 2. The predicted molar refractivity (Wildman–Crippen MR) is 108 cm³/mol. The molecule has 0 aliphatic carbocycles. The molecule has 146 valence electrons. The molecule has 4 heteroatoms. The largest absolute Gasteiger partial charge is 0.494 e. The molecule has 1 aromatic heterocycles. The van der Waals surface area contributed by atoms with Crippen molar-refractivity contribution in [2.45, 2.75) is 39.0 Å². The Bertz CT molecular complexity index is 876. The van der Waals surface area contributed by atoms with Crippen LogP contribution in [-0.4, -0.2) is 11.6 Å². The van der Waals surface area contributed by atoms with Gasteiger partial charge in [-0.25, -0.2) is 0 Å². The van der Waals surface area contributed by atoms with E-state index in [1.165, 1.54) is 25.0 Å². The van der Waals surface area contributed by atoms with Gasteiger partial charge in [-0.1, -0.05) is 56.2 Å². The van der Waals surface area contributed by atoms with E-state index in [4.69, 9.17) is 4.74 Å². The number of pyridine rings is 1. The van der Waals surface area contributed by atoms with Crippen molar-refractivity contribution in [2.24, 2.45) is 0 Å². The molecule has 0 saturated carbocycles. The standard InChI is InChI=1S/C24H25F2NO/c1-2-3-4-17-28-22-14-11-20(12-15-22)19-8-5-18(6-9-19)7-10-21-13-16-23(25)27-24(21)26/h5-6,8-9,11-16H,2-4,7,10,17H2,1H3. The number of hydrogen-bond acceptors (Lipinski definition) is 2. The third kappa shape index (κ3) is 5.62. The number of ether oxygens (including phenoxy) is 1. The minimum Gasteiger partial charge on any atom is -0.494 e. The van der Waals surface area contributed by atoms with E-state index in [2.05, 4.69) is 36.2 Å². The fourth-order valence-electron chi connectivity index (χ4n) is 3.06. The van der Waals surface area contributed by atoms with Crippen molar-refractivity contribution in [3.63, 3.8) is 0 Å². The van der Waals surface area contributed by atoms with Gasteiger partial charge in [0.05, 0.1) is 6.61 Å². The van der Waals surface area contributed by atoms with Crippen molar-refractivity contribution in [1.82, 2.24) is 4.98 Å². The van der Waals surface area contributed by atoms with Gasteiger partial charge in [-0.3, -0.25) is 0 Å². The normalized spacial score (nSPS) is 10.8. The van der Waals surface area contributed by atoms with Crippen LogP contribution in [0, 0.1) is 11.9 Å². The molecule has 0 saturated heterocycles. The fourth-order valence-corrected chi connectivity index (χ4v) is 3.06. The monoisotopic (exact) mass is 381 g/mol. The topological polar surface area (TPSA) is 22.1 Å². The third-order valence-electron chi connectivity index (χ3n) is 4.73. The Morgan fingerprint density at radius 3 is 2.11 bits per heavy atom. The average Bonchev–Trinajstić information content (AvgIpc) is 2.72. The number of aromatic nitrogens is 1. The van der Waals surface area contributed by atoms with Crippen molar-refractivity contribution in [3.05, 3.63) is 83.7 Å². The van der Waals surface area contributed by atoms with Crippen molar-refractivity contribution in [3.8, 4) is 16.9 Å². The lowest BCUT2D eigenvalue weighted by molar-refractivity contribution is 0.306. The van der Waals surface area contributed by atoms with Crippen LogP contribution in [0.15, 0.2) is 60.7 Å². The first-order valence-electron chi connectivity index (χ1n) is 9.79. The van der Waals surface area contributed by atoms with Crippen LogP contribution in [0.3, 0.4) is 0 Å². The molecular formula is C24H25F2NO. The molecule has 0 atom stereocenters. The summed E-state index contributed by atoms with van der Waals surface area (Å²) in [6.45, 7) is 2.93. The Morgan fingerprint density at radius 1 is 0.786 bits per heavy atom. The summed E-state index contributed by atoms with van der Waals surface area (Å²) in [5, 5.41) is 0. The molecule has 0 fully saturated rings. The minimum atomic E-state index is -0.789. The summed E-state index contributed by atoms with van der Waals surface area (Å²) in [6.07, 6.45) is 4.62. The second-order valence-electron chi connectivity index (χ2n) is 6.86. The summed E-state index contributed by atoms with van der Waals surface area (Å²) in [7, 11) is 0. The minimum absolute atomic E-state index is 0.431. The summed E-state index contributed by atoms with van der Waals surface area (Å²) in [6, 6.07) is 19.0. The molecule has 0 amide bonds. The quantitative estimate of drug-likeness (QED) is 0.317. The highest BCUT2D eigenvalue weighted by Gasteiger charge is 2.06. The Kier molecular flexibility index (Phi) is 7.12. The van der Waals surface area contributed by atoms with Crippen LogP contribution in [0.4, 0.5) is 8.78 Å². The van der Waals surface area contributed by atoms with E-state index in [1.807, 2.05) is 24.3 Å². The van der Waals surface area contributed by atoms with E-state index in [0.717, 1.165) is 35.5 Å². The average molecular weight is 381 g/mol. The van der Waals surface area contributed by atoms with Crippen LogP contribution < -0.4 is 4.74 Å².